The highest BCUT2D eigenvalue weighted by Gasteiger charge is 2.03. The summed E-state index contributed by atoms with van der Waals surface area (Å²) in [4.78, 5) is 0. The maximum Gasteiger partial charge on any atom is 0.132 e. The number of hydrogen-bond acceptors (Lipinski definition) is 4. The predicted molar refractivity (Wildman–Crippen MR) is 57.7 cm³/mol. The molecule has 2 aromatic rings. The first-order valence-corrected chi connectivity index (χ1v) is 5.15. The number of phenolic OH excluding ortho intramolecular Hbond substituents is 1. The van der Waals surface area contributed by atoms with Gasteiger partial charge >= 0.3 is 0 Å². The summed E-state index contributed by atoms with van der Waals surface area (Å²) in [5.41, 5.74) is 0.418. The van der Waals surface area contributed by atoms with Crippen molar-refractivity contribution >= 4 is 0 Å². The molecule has 90 valence electrons. The van der Waals surface area contributed by atoms with Crippen molar-refractivity contribution in [3.63, 3.8) is 0 Å². The fourth-order valence-corrected chi connectivity index (χ4v) is 1.35. The van der Waals surface area contributed by atoms with Gasteiger partial charge in [-0.2, -0.15) is 0 Å². The van der Waals surface area contributed by atoms with Gasteiger partial charge in [-0.1, -0.05) is 11.3 Å². The molecule has 0 aliphatic rings. The van der Waals surface area contributed by atoms with Gasteiger partial charge in [-0.15, -0.1) is 5.10 Å². The van der Waals surface area contributed by atoms with Gasteiger partial charge in [-0.05, 0) is 6.07 Å². The minimum Gasteiger partial charge on any atom is -0.508 e. The summed E-state index contributed by atoms with van der Waals surface area (Å²) in [6.07, 6.45) is 3.31. The molecule has 1 aromatic carbocycles. The molecule has 0 fully saturated rings. The lowest BCUT2D eigenvalue weighted by atomic mass is 10.2. The van der Waals surface area contributed by atoms with E-state index in [1.54, 1.807) is 17.1 Å². The van der Waals surface area contributed by atoms with E-state index in [1.165, 1.54) is 12.1 Å². The Morgan fingerprint density at radius 2 is 2.29 bits per heavy atom. The fraction of sp³-hybridized carbons (Fsp3) is 0.273. The molecule has 5 nitrogen and oxygen atoms in total. The van der Waals surface area contributed by atoms with Crippen LogP contribution in [0.15, 0.2) is 30.6 Å². The van der Waals surface area contributed by atoms with E-state index in [9.17, 15) is 4.39 Å². The normalized spacial score (nSPS) is 10.6. The van der Waals surface area contributed by atoms with Gasteiger partial charge in [0.15, 0.2) is 0 Å². The maximum atomic E-state index is 13.3. The van der Waals surface area contributed by atoms with Crippen molar-refractivity contribution < 1.29 is 14.2 Å². The molecule has 0 spiro atoms. The number of hydrogen-bond donors (Lipinski definition) is 1. The average molecular weight is 237 g/mol. The Balaban J connectivity index is 1.78. The Hall–Kier alpha value is -1.95. The topological polar surface area (TPSA) is 60.2 Å². The highest BCUT2D eigenvalue weighted by atomic mass is 19.1. The molecule has 1 N–H and O–H groups in total. The van der Waals surface area contributed by atoms with E-state index in [0.717, 1.165) is 6.07 Å². The molecule has 0 saturated carbocycles. The van der Waals surface area contributed by atoms with Gasteiger partial charge in [-0.3, -0.25) is 4.68 Å². The summed E-state index contributed by atoms with van der Waals surface area (Å²) in [5.74, 6) is -0.556. The second kappa shape index (κ2) is 5.40. The van der Waals surface area contributed by atoms with Crippen LogP contribution in [0.2, 0.25) is 0 Å². The van der Waals surface area contributed by atoms with E-state index >= 15 is 0 Å². The summed E-state index contributed by atoms with van der Waals surface area (Å²) >= 11 is 0. The van der Waals surface area contributed by atoms with Crippen molar-refractivity contribution in [2.45, 2.75) is 13.2 Å². The number of aromatic hydroxyl groups is 1. The van der Waals surface area contributed by atoms with Gasteiger partial charge in [0.05, 0.1) is 26.0 Å². The standard InChI is InChI=1S/C11H12FN3O2/c12-11-7-10(16)2-1-9(11)8-17-6-5-15-4-3-13-14-15/h1-4,7,16H,5-6,8H2. The Morgan fingerprint density at radius 1 is 1.41 bits per heavy atom. The zero-order chi connectivity index (χ0) is 12.1. The van der Waals surface area contributed by atoms with Crippen LogP contribution in [0.1, 0.15) is 5.56 Å². The highest BCUT2D eigenvalue weighted by Crippen LogP contribution is 2.15. The van der Waals surface area contributed by atoms with Crippen molar-refractivity contribution in [3.8, 4) is 5.75 Å². The van der Waals surface area contributed by atoms with Gasteiger partial charge in [-0.25, -0.2) is 4.39 Å². The van der Waals surface area contributed by atoms with Crippen molar-refractivity contribution in [1.29, 1.82) is 0 Å². The van der Waals surface area contributed by atoms with Crippen LogP contribution in [-0.4, -0.2) is 26.7 Å². The monoisotopic (exact) mass is 237 g/mol. The largest absolute Gasteiger partial charge is 0.508 e. The van der Waals surface area contributed by atoms with Crippen LogP contribution in [0.25, 0.3) is 0 Å². The predicted octanol–water partition coefficient (Wildman–Crippen LogP) is 1.34. The van der Waals surface area contributed by atoms with Crippen molar-refractivity contribution in [3.05, 3.63) is 42.0 Å². The fourth-order valence-electron chi connectivity index (χ4n) is 1.35. The van der Waals surface area contributed by atoms with Gasteiger partial charge in [0.2, 0.25) is 0 Å². The smallest absolute Gasteiger partial charge is 0.132 e. The lowest BCUT2D eigenvalue weighted by molar-refractivity contribution is 0.108. The SMILES string of the molecule is Oc1ccc(COCCn2ccnn2)c(F)c1. The Bertz CT molecular complexity index is 474. The molecule has 6 heteroatoms. The van der Waals surface area contributed by atoms with Crippen LogP contribution in [-0.2, 0) is 17.9 Å². The molecule has 1 aromatic heterocycles. The number of rotatable bonds is 5. The number of phenols is 1. The molecule has 1 heterocycles. The number of ether oxygens (including phenoxy) is 1. The van der Waals surface area contributed by atoms with Crippen molar-refractivity contribution in [1.82, 2.24) is 15.0 Å². The number of benzene rings is 1. The number of halogens is 1. The van der Waals surface area contributed by atoms with Gasteiger partial charge in [0, 0.05) is 17.8 Å². The van der Waals surface area contributed by atoms with Crippen LogP contribution in [0.3, 0.4) is 0 Å². The summed E-state index contributed by atoms with van der Waals surface area (Å²) in [6.45, 7) is 1.16. The van der Waals surface area contributed by atoms with Crippen LogP contribution in [0.4, 0.5) is 4.39 Å². The quantitative estimate of drug-likeness (QED) is 0.797. The van der Waals surface area contributed by atoms with Gasteiger partial charge in [0.1, 0.15) is 11.6 Å². The zero-order valence-corrected chi connectivity index (χ0v) is 9.08. The molecule has 0 atom stereocenters. The number of nitrogens with zero attached hydrogens (tertiary/aromatic N) is 3. The highest BCUT2D eigenvalue weighted by molar-refractivity contribution is 5.27. The average Bonchev–Trinajstić information content (AvgIpc) is 2.79. The lowest BCUT2D eigenvalue weighted by Crippen LogP contribution is -2.07. The van der Waals surface area contributed by atoms with E-state index in [0.29, 0.717) is 18.7 Å². The van der Waals surface area contributed by atoms with E-state index in [4.69, 9.17) is 9.84 Å². The molecular formula is C11H12FN3O2. The second-order valence-electron chi connectivity index (χ2n) is 3.49. The minimum absolute atomic E-state index is 0.0890. The molecule has 0 bridgehead atoms. The third-order valence-electron chi connectivity index (χ3n) is 2.23. The van der Waals surface area contributed by atoms with E-state index in [2.05, 4.69) is 10.3 Å². The number of aromatic nitrogens is 3. The molecule has 0 amide bonds. The van der Waals surface area contributed by atoms with Gasteiger partial charge < -0.3 is 9.84 Å². The molecular weight excluding hydrogens is 225 g/mol. The molecule has 0 radical (unpaired) electrons. The first kappa shape index (κ1) is 11.5. The zero-order valence-electron chi connectivity index (χ0n) is 9.08. The van der Waals surface area contributed by atoms with E-state index in [1.807, 2.05) is 0 Å². The summed E-state index contributed by atoms with van der Waals surface area (Å²) in [6, 6.07) is 4.00. The van der Waals surface area contributed by atoms with Crippen LogP contribution >= 0.6 is 0 Å². The van der Waals surface area contributed by atoms with Crippen LogP contribution in [0, 0.1) is 5.82 Å². The summed E-state index contributed by atoms with van der Waals surface area (Å²) < 4.78 is 20.2. The maximum absolute atomic E-state index is 13.3. The van der Waals surface area contributed by atoms with E-state index < -0.39 is 5.82 Å². The third kappa shape index (κ3) is 3.25. The Kier molecular flexibility index (Phi) is 3.66. The van der Waals surface area contributed by atoms with Crippen molar-refractivity contribution in [2.75, 3.05) is 6.61 Å². The third-order valence-corrected chi connectivity index (χ3v) is 2.23. The molecule has 17 heavy (non-hydrogen) atoms. The first-order valence-electron chi connectivity index (χ1n) is 5.15. The molecule has 0 saturated heterocycles. The first-order chi connectivity index (χ1) is 8.25. The molecule has 0 unspecified atom stereocenters. The Labute approximate surface area is 97.5 Å². The summed E-state index contributed by atoms with van der Waals surface area (Å²) in [7, 11) is 0. The lowest BCUT2D eigenvalue weighted by Gasteiger charge is -2.05. The minimum atomic E-state index is -0.467. The second-order valence-corrected chi connectivity index (χ2v) is 3.49. The summed E-state index contributed by atoms with van der Waals surface area (Å²) in [5, 5.41) is 16.5. The van der Waals surface area contributed by atoms with Gasteiger partial charge in [0.25, 0.3) is 0 Å². The van der Waals surface area contributed by atoms with Crippen molar-refractivity contribution in [2.24, 2.45) is 0 Å². The Morgan fingerprint density at radius 3 is 3.00 bits per heavy atom. The molecule has 2 rings (SSSR count). The molecule has 0 aliphatic carbocycles. The molecule has 0 aliphatic heterocycles. The van der Waals surface area contributed by atoms with Crippen LogP contribution in [0.5, 0.6) is 5.75 Å². The van der Waals surface area contributed by atoms with E-state index in [-0.39, 0.29) is 12.4 Å². The van der Waals surface area contributed by atoms with Crippen LogP contribution < -0.4 is 0 Å².